The molecule has 0 saturated heterocycles. The Morgan fingerprint density at radius 3 is 2.83 bits per heavy atom. The van der Waals surface area contributed by atoms with Crippen molar-refractivity contribution < 1.29 is 0 Å². The lowest BCUT2D eigenvalue weighted by atomic mass is 10.1. The number of nitrogens with one attached hydrogen (secondary N) is 1. The summed E-state index contributed by atoms with van der Waals surface area (Å²) >= 11 is 0. The van der Waals surface area contributed by atoms with Crippen molar-refractivity contribution in [2.45, 2.75) is 20.0 Å². The van der Waals surface area contributed by atoms with Gasteiger partial charge in [0.25, 0.3) is 0 Å². The monoisotopic (exact) mass is 238 g/mol. The van der Waals surface area contributed by atoms with E-state index in [9.17, 15) is 0 Å². The molecule has 18 heavy (non-hydrogen) atoms. The zero-order valence-electron chi connectivity index (χ0n) is 10.2. The number of hydrogen-bond acceptors (Lipinski definition) is 4. The minimum atomic E-state index is 0.660. The maximum atomic E-state index is 8.97. The van der Waals surface area contributed by atoms with E-state index in [1.54, 1.807) is 6.20 Å². The number of benzene rings is 1. The number of aromatic nitrogens is 2. The van der Waals surface area contributed by atoms with Crippen LogP contribution in [0.1, 0.15) is 22.6 Å². The Bertz CT molecular complexity index is 572. The molecule has 2 aromatic rings. The van der Waals surface area contributed by atoms with Gasteiger partial charge in [-0.3, -0.25) is 0 Å². The van der Waals surface area contributed by atoms with Crippen LogP contribution in [-0.4, -0.2) is 9.97 Å². The van der Waals surface area contributed by atoms with Crippen LogP contribution in [0.3, 0.4) is 0 Å². The number of aryl methyl sites for hydroxylation is 1. The molecule has 0 aliphatic carbocycles. The highest BCUT2D eigenvalue weighted by Gasteiger charge is 2.00. The van der Waals surface area contributed by atoms with Crippen LogP contribution in [0.5, 0.6) is 0 Å². The molecule has 0 atom stereocenters. The Morgan fingerprint density at radius 1 is 1.22 bits per heavy atom. The molecule has 0 spiro atoms. The van der Waals surface area contributed by atoms with Crippen molar-refractivity contribution in [3.8, 4) is 6.07 Å². The molecule has 0 radical (unpaired) electrons. The number of rotatable bonds is 4. The Kier molecular flexibility index (Phi) is 4.00. The van der Waals surface area contributed by atoms with Gasteiger partial charge < -0.3 is 5.32 Å². The third-order valence-corrected chi connectivity index (χ3v) is 2.59. The van der Waals surface area contributed by atoms with E-state index in [1.807, 2.05) is 37.3 Å². The topological polar surface area (TPSA) is 61.6 Å². The van der Waals surface area contributed by atoms with Crippen molar-refractivity contribution in [1.29, 1.82) is 5.26 Å². The maximum Gasteiger partial charge on any atom is 0.125 e. The fraction of sp³-hybridized carbons (Fsp3) is 0.214. The zero-order chi connectivity index (χ0) is 12.8. The summed E-state index contributed by atoms with van der Waals surface area (Å²) in [6.07, 6.45) is 1.75. The van der Waals surface area contributed by atoms with Crippen molar-refractivity contribution in [2.75, 3.05) is 0 Å². The Hall–Kier alpha value is -2.25. The van der Waals surface area contributed by atoms with E-state index < -0.39 is 0 Å². The lowest BCUT2D eigenvalue weighted by Gasteiger charge is -2.06. The summed E-state index contributed by atoms with van der Waals surface area (Å²) in [5.41, 5.74) is 2.67. The fourth-order valence-electron chi connectivity index (χ4n) is 1.71. The van der Waals surface area contributed by atoms with Gasteiger partial charge in [-0.2, -0.15) is 5.26 Å². The average molecular weight is 238 g/mol. The van der Waals surface area contributed by atoms with Crippen LogP contribution in [0.15, 0.2) is 36.5 Å². The van der Waals surface area contributed by atoms with Gasteiger partial charge >= 0.3 is 0 Å². The first-order chi connectivity index (χ1) is 8.79. The highest BCUT2D eigenvalue weighted by atomic mass is 14.9. The molecule has 1 heterocycles. The van der Waals surface area contributed by atoms with E-state index in [-0.39, 0.29) is 0 Å². The molecule has 0 saturated carbocycles. The molecule has 1 aromatic heterocycles. The van der Waals surface area contributed by atoms with Gasteiger partial charge in [0.1, 0.15) is 5.82 Å². The molecular weight excluding hydrogens is 224 g/mol. The molecule has 0 amide bonds. The quantitative estimate of drug-likeness (QED) is 0.884. The van der Waals surface area contributed by atoms with Crippen LogP contribution in [0, 0.1) is 18.3 Å². The molecule has 0 fully saturated rings. The summed E-state index contributed by atoms with van der Waals surface area (Å²) < 4.78 is 0. The molecule has 90 valence electrons. The molecule has 1 aromatic carbocycles. The lowest BCUT2D eigenvalue weighted by Crippen LogP contribution is -2.14. The number of hydrogen-bond donors (Lipinski definition) is 1. The molecule has 0 aliphatic heterocycles. The van der Waals surface area contributed by atoms with Crippen LogP contribution in [0.4, 0.5) is 0 Å². The van der Waals surface area contributed by atoms with Crippen molar-refractivity contribution in [3.63, 3.8) is 0 Å². The largest absolute Gasteiger partial charge is 0.307 e. The third-order valence-electron chi connectivity index (χ3n) is 2.59. The van der Waals surface area contributed by atoms with E-state index in [0.717, 1.165) is 17.1 Å². The summed E-state index contributed by atoms with van der Waals surface area (Å²) in [4.78, 5) is 8.36. The molecule has 1 N–H and O–H groups in total. The summed E-state index contributed by atoms with van der Waals surface area (Å²) in [5, 5.41) is 12.3. The first kappa shape index (κ1) is 12.2. The van der Waals surface area contributed by atoms with Crippen LogP contribution in [-0.2, 0) is 13.1 Å². The normalized spacial score (nSPS) is 10.0. The van der Waals surface area contributed by atoms with E-state index in [2.05, 4.69) is 21.4 Å². The fourth-order valence-corrected chi connectivity index (χ4v) is 1.71. The van der Waals surface area contributed by atoms with E-state index in [4.69, 9.17) is 5.26 Å². The molecule has 2 rings (SSSR count). The summed E-state index contributed by atoms with van der Waals surface area (Å²) in [7, 11) is 0. The molecular formula is C14H14N4. The third kappa shape index (κ3) is 3.12. The number of nitriles is 1. The summed E-state index contributed by atoms with van der Waals surface area (Å²) in [5.74, 6) is 0.770. The summed E-state index contributed by atoms with van der Waals surface area (Å²) in [6, 6.07) is 11.7. The van der Waals surface area contributed by atoms with Gasteiger partial charge in [0, 0.05) is 19.3 Å². The standard InChI is InChI=1S/C14H14N4/c1-11-17-7-6-14(18-11)10-16-9-13-5-3-2-4-12(13)8-15/h2-7,16H,9-10H2,1H3. The van der Waals surface area contributed by atoms with Crippen molar-refractivity contribution >= 4 is 0 Å². The van der Waals surface area contributed by atoms with Gasteiger partial charge in [0.05, 0.1) is 17.3 Å². The molecule has 0 aliphatic rings. The zero-order valence-corrected chi connectivity index (χ0v) is 10.2. The van der Waals surface area contributed by atoms with E-state index in [1.165, 1.54) is 0 Å². The van der Waals surface area contributed by atoms with Gasteiger partial charge in [-0.05, 0) is 24.6 Å². The number of nitrogens with zero attached hydrogens (tertiary/aromatic N) is 3. The predicted octanol–water partition coefficient (Wildman–Crippen LogP) is 1.95. The van der Waals surface area contributed by atoms with Crippen LogP contribution in [0.2, 0.25) is 0 Å². The predicted molar refractivity (Wildman–Crippen MR) is 68.5 cm³/mol. The van der Waals surface area contributed by atoms with Gasteiger partial charge in [-0.15, -0.1) is 0 Å². The smallest absolute Gasteiger partial charge is 0.125 e. The molecule has 4 heteroatoms. The minimum absolute atomic E-state index is 0.660. The summed E-state index contributed by atoms with van der Waals surface area (Å²) in [6.45, 7) is 3.20. The first-order valence-electron chi connectivity index (χ1n) is 5.77. The maximum absolute atomic E-state index is 8.97. The average Bonchev–Trinajstić information content (AvgIpc) is 2.39. The Morgan fingerprint density at radius 2 is 2.06 bits per heavy atom. The van der Waals surface area contributed by atoms with E-state index in [0.29, 0.717) is 18.7 Å². The van der Waals surface area contributed by atoms with Crippen LogP contribution >= 0.6 is 0 Å². The second-order valence-electron chi connectivity index (χ2n) is 3.97. The van der Waals surface area contributed by atoms with Crippen molar-refractivity contribution in [3.05, 3.63) is 59.2 Å². The highest BCUT2D eigenvalue weighted by Crippen LogP contribution is 2.06. The minimum Gasteiger partial charge on any atom is -0.307 e. The van der Waals surface area contributed by atoms with E-state index >= 15 is 0 Å². The lowest BCUT2D eigenvalue weighted by molar-refractivity contribution is 0.674. The molecule has 0 unspecified atom stereocenters. The first-order valence-corrected chi connectivity index (χ1v) is 5.77. The molecule has 4 nitrogen and oxygen atoms in total. The van der Waals surface area contributed by atoms with Gasteiger partial charge in [0.15, 0.2) is 0 Å². The van der Waals surface area contributed by atoms with Crippen molar-refractivity contribution in [2.24, 2.45) is 0 Å². The van der Waals surface area contributed by atoms with Gasteiger partial charge in [-0.25, -0.2) is 9.97 Å². The van der Waals surface area contributed by atoms with Crippen LogP contribution < -0.4 is 5.32 Å². The SMILES string of the molecule is Cc1nccc(CNCc2ccccc2C#N)n1. The Balaban J connectivity index is 1.95. The van der Waals surface area contributed by atoms with Gasteiger partial charge in [0.2, 0.25) is 0 Å². The Labute approximate surface area is 106 Å². The van der Waals surface area contributed by atoms with Gasteiger partial charge in [-0.1, -0.05) is 18.2 Å². The second-order valence-corrected chi connectivity index (χ2v) is 3.97. The highest BCUT2D eigenvalue weighted by molar-refractivity contribution is 5.37. The second kappa shape index (κ2) is 5.89. The van der Waals surface area contributed by atoms with Crippen molar-refractivity contribution in [1.82, 2.24) is 15.3 Å². The molecule has 0 bridgehead atoms. The van der Waals surface area contributed by atoms with Crippen LogP contribution in [0.25, 0.3) is 0 Å².